The number of rotatable bonds is 6. The fourth-order valence-corrected chi connectivity index (χ4v) is 5.05. The summed E-state index contributed by atoms with van der Waals surface area (Å²) in [5.74, 6) is -1.54. The van der Waals surface area contributed by atoms with Crippen molar-refractivity contribution in [3.05, 3.63) is 81.0 Å². The van der Waals surface area contributed by atoms with Gasteiger partial charge < -0.3 is 14.6 Å². The molecule has 0 radical (unpaired) electrons. The van der Waals surface area contributed by atoms with Crippen LogP contribution in [0.3, 0.4) is 0 Å². The van der Waals surface area contributed by atoms with E-state index >= 15 is 0 Å². The van der Waals surface area contributed by atoms with Crippen molar-refractivity contribution in [2.24, 2.45) is 0 Å². The van der Waals surface area contributed by atoms with Crippen LogP contribution in [0.4, 0.5) is 23.7 Å². The Kier molecular flexibility index (Phi) is 7.61. The smallest absolute Gasteiger partial charge is 0.416 e. The van der Waals surface area contributed by atoms with Gasteiger partial charge in [-0.25, -0.2) is 0 Å². The van der Waals surface area contributed by atoms with Crippen molar-refractivity contribution in [1.29, 1.82) is 0 Å². The quantitative estimate of drug-likeness (QED) is 0.349. The number of nitrogens with zero attached hydrogens (tertiary/aromatic N) is 2. The molecule has 0 unspecified atom stereocenters. The number of alkyl halides is 3. The number of thioether (sulfide) groups is 1. The number of hydrogen-bond donors (Lipinski definition) is 1. The zero-order chi connectivity index (χ0) is 27.8. The van der Waals surface area contributed by atoms with Crippen LogP contribution in [0, 0.1) is 13.8 Å². The predicted octanol–water partition coefficient (Wildman–Crippen LogP) is 6.45. The van der Waals surface area contributed by atoms with E-state index in [2.05, 4.69) is 5.32 Å². The van der Waals surface area contributed by atoms with E-state index < -0.39 is 35.3 Å². The molecule has 3 aromatic rings. The van der Waals surface area contributed by atoms with Gasteiger partial charge in [-0.3, -0.25) is 19.3 Å². The number of nitrogens with one attached hydrogen (secondary N) is 1. The maximum Gasteiger partial charge on any atom is 0.416 e. The maximum atomic E-state index is 13.1. The van der Waals surface area contributed by atoms with Crippen molar-refractivity contribution in [2.75, 3.05) is 19.0 Å². The molecule has 1 aromatic heterocycles. The molecule has 1 fully saturated rings. The van der Waals surface area contributed by atoms with E-state index in [0.29, 0.717) is 22.3 Å². The summed E-state index contributed by atoms with van der Waals surface area (Å²) in [6.45, 7) is 3.08. The first-order valence-corrected chi connectivity index (χ1v) is 12.3. The van der Waals surface area contributed by atoms with Crippen molar-refractivity contribution in [1.82, 2.24) is 9.47 Å². The Morgan fingerprint density at radius 1 is 1.13 bits per heavy atom. The molecule has 1 N–H and O–H groups in total. The molecule has 2 aromatic carbocycles. The molecular weight excluding hydrogens is 543 g/mol. The normalized spacial score (nSPS) is 14.9. The number of carbonyl (C=O) groups is 3. The highest BCUT2D eigenvalue weighted by Gasteiger charge is 2.37. The fourth-order valence-electron chi connectivity index (χ4n) is 4.04. The number of ether oxygens (including phenoxy) is 1. The van der Waals surface area contributed by atoms with Gasteiger partial charge in [0.15, 0.2) is 0 Å². The Morgan fingerprint density at radius 3 is 2.53 bits per heavy atom. The van der Waals surface area contributed by atoms with Crippen LogP contribution in [0.5, 0.6) is 5.75 Å². The predicted molar refractivity (Wildman–Crippen MR) is 140 cm³/mol. The minimum Gasteiger partial charge on any atom is -0.495 e. The maximum absolute atomic E-state index is 13.1. The standard InChI is InChI=1S/C26H21ClF3N3O4S/c1-14-9-16(15(2)33(14)19-6-4-5-18(27)12-19)10-22-24(35)32(25(36)38-22)13-23(34)31-20-11-17(26(28,29)30)7-8-21(20)37-3/h4-12H,13H2,1-3H3,(H,31,34)/b22-10-. The number of hydrogen-bond acceptors (Lipinski definition) is 5. The number of aryl methyl sites for hydroxylation is 1. The Balaban J connectivity index is 1.53. The molecule has 2 heterocycles. The molecule has 0 spiro atoms. The van der Waals surface area contributed by atoms with Gasteiger partial charge in [0.25, 0.3) is 11.1 Å². The summed E-state index contributed by atoms with van der Waals surface area (Å²) in [5.41, 5.74) is 2.00. The molecule has 1 aliphatic rings. The lowest BCUT2D eigenvalue weighted by Crippen LogP contribution is -2.36. The van der Waals surface area contributed by atoms with Crippen LogP contribution in [-0.2, 0) is 15.8 Å². The lowest BCUT2D eigenvalue weighted by molar-refractivity contribution is -0.137. The van der Waals surface area contributed by atoms with Crippen molar-refractivity contribution in [3.63, 3.8) is 0 Å². The molecule has 12 heteroatoms. The second-order valence-electron chi connectivity index (χ2n) is 8.37. The molecule has 1 aliphatic heterocycles. The van der Waals surface area contributed by atoms with Gasteiger partial charge in [-0.15, -0.1) is 0 Å². The summed E-state index contributed by atoms with van der Waals surface area (Å²) in [6, 6.07) is 11.7. The van der Waals surface area contributed by atoms with E-state index in [9.17, 15) is 27.6 Å². The van der Waals surface area contributed by atoms with Crippen LogP contribution in [0.1, 0.15) is 22.5 Å². The van der Waals surface area contributed by atoms with Gasteiger partial charge in [0, 0.05) is 22.1 Å². The molecule has 3 amide bonds. The van der Waals surface area contributed by atoms with Crippen molar-refractivity contribution in [2.45, 2.75) is 20.0 Å². The molecule has 0 saturated carbocycles. The van der Waals surface area contributed by atoms with E-state index in [1.54, 1.807) is 18.2 Å². The number of imide groups is 1. The average Bonchev–Trinajstić information content (AvgIpc) is 3.27. The van der Waals surface area contributed by atoms with Gasteiger partial charge in [0.2, 0.25) is 5.91 Å². The van der Waals surface area contributed by atoms with Crippen LogP contribution >= 0.6 is 23.4 Å². The second-order valence-corrected chi connectivity index (χ2v) is 9.80. The molecular formula is C26H21ClF3N3O4S. The molecule has 7 nitrogen and oxygen atoms in total. The van der Waals surface area contributed by atoms with Crippen LogP contribution in [0.2, 0.25) is 5.02 Å². The first kappa shape index (κ1) is 27.3. The molecule has 4 rings (SSSR count). The molecule has 0 bridgehead atoms. The minimum absolute atomic E-state index is 0.00422. The van der Waals surface area contributed by atoms with Gasteiger partial charge in [-0.2, -0.15) is 13.2 Å². The lowest BCUT2D eigenvalue weighted by Gasteiger charge is -2.16. The summed E-state index contributed by atoms with van der Waals surface area (Å²) >= 11 is 6.80. The second kappa shape index (κ2) is 10.6. The number of anilines is 1. The monoisotopic (exact) mass is 563 g/mol. The van der Waals surface area contributed by atoms with E-state index in [1.165, 1.54) is 7.11 Å². The summed E-state index contributed by atoms with van der Waals surface area (Å²) in [5, 5.41) is 2.19. The SMILES string of the molecule is COc1ccc(C(F)(F)F)cc1NC(=O)CN1C(=O)S/C(=C\c2cc(C)n(-c3cccc(Cl)c3)c2C)C1=O. The first-order chi connectivity index (χ1) is 17.9. The van der Waals surface area contributed by atoms with Crippen LogP contribution in [-0.4, -0.2) is 40.2 Å². The van der Waals surface area contributed by atoms with Crippen molar-refractivity contribution >= 4 is 52.2 Å². The van der Waals surface area contributed by atoms with Crippen LogP contribution in [0.25, 0.3) is 11.8 Å². The number of benzene rings is 2. The van der Waals surface area contributed by atoms with Crippen molar-refractivity contribution in [3.8, 4) is 11.4 Å². The number of halogens is 4. The molecule has 0 aliphatic carbocycles. The Hall–Kier alpha value is -3.70. The molecule has 198 valence electrons. The fraction of sp³-hybridized carbons (Fsp3) is 0.192. The highest BCUT2D eigenvalue weighted by molar-refractivity contribution is 8.18. The highest BCUT2D eigenvalue weighted by Crippen LogP contribution is 2.36. The summed E-state index contributed by atoms with van der Waals surface area (Å²) in [4.78, 5) is 39.0. The Morgan fingerprint density at radius 2 is 1.87 bits per heavy atom. The van der Waals surface area contributed by atoms with Crippen LogP contribution in [0.15, 0.2) is 53.4 Å². The van der Waals surface area contributed by atoms with E-state index in [-0.39, 0.29) is 16.3 Å². The zero-order valence-corrected chi connectivity index (χ0v) is 21.9. The molecule has 38 heavy (non-hydrogen) atoms. The van der Waals surface area contributed by atoms with E-state index in [1.807, 2.05) is 36.6 Å². The number of amides is 3. The highest BCUT2D eigenvalue weighted by atomic mass is 35.5. The average molecular weight is 564 g/mol. The summed E-state index contributed by atoms with van der Waals surface area (Å²) < 4.78 is 46.3. The molecule has 1 saturated heterocycles. The lowest BCUT2D eigenvalue weighted by atomic mass is 10.1. The topological polar surface area (TPSA) is 80.6 Å². The zero-order valence-electron chi connectivity index (χ0n) is 20.4. The van der Waals surface area contributed by atoms with E-state index in [0.717, 1.165) is 40.2 Å². The first-order valence-electron chi connectivity index (χ1n) is 11.1. The van der Waals surface area contributed by atoms with Gasteiger partial charge in [0.1, 0.15) is 12.3 Å². The summed E-state index contributed by atoms with van der Waals surface area (Å²) in [7, 11) is 1.24. The Labute approximate surface area is 225 Å². The van der Waals surface area contributed by atoms with Crippen molar-refractivity contribution < 1.29 is 32.3 Å². The minimum atomic E-state index is -4.63. The number of aromatic nitrogens is 1. The largest absolute Gasteiger partial charge is 0.495 e. The Bertz CT molecular complexity index is 1480. The van der Waals surface area contributed by atoms with Gasteiger partial charge in [-0.1, -0.05) is 17.7 Å². The van der Waals surface area contributed by atoms with Crippen LogP contribution < -0.4 is 10.1 Å². The third-order valence-electron chi connectivity index (χ3n) is 5.80. The van der Waals surface area contributed by atoms with Gasteiger partial charge in [0.05, 0.1) is 23.3 Å². The van der Waals surface area contributed by atoms with Gasteiger partial charge >= 0.3 is 6.18 Å². The third-order valence-corrected chi connectivity index (χ3v) is 6.94. The van der Waals surface area contributed by atoms with Gasteiger partial charge in [-0.05, 0) is 79.7 Å². The molecule has 0 atom stereocenters. The third kappa shape index (κ3) is 5.58. The summed E-state index contributed by atoms with van der Waals surface area (Å²) in [6.07, 6.45) is -3.06. The number of carbonyl (C=O) groups excluding carboxylic acids is 3. The van der Waals surface area contributed by atoms with E-state index in [4.69, 9.17) is 16.3 Å². The number of methoxy groups -OCH3 is 1.